The Bertz CT molecular complexity index is 805. The largest absolute Gasteiger partial charge is 0.497 e. The molecule has 1 aromatic carbocycles. The van der Waals surface area contributed by atoms with Gasteiger partial charge in [0, 0.05) is 25.1 Å². The van der Waals surface area contributed by atoms with Gasteiger partial charge in [0.1, 0.15) is 11.7 Å². The molecule has 0 saturated carbocycles. The molecule has 0 radical (unpaired) electrons. The minimum absolute atomic E-state index is 0.104. The zero-order chi connectivity index (χ0) is 17.5. The number of methoxy groups -OCH3 is 1. The number of nitrogens with zero attached hydrogens (tertiary/aromatic N) is 2. The summed E-state index contributed by atoms with van der Waals surface area (Å²) in [5.41, 5.74) is 2.52. The first-order valence-electron chi connectivity index (χ1n) is 7.99. The van der Waals surface area contributed by atoms with E-state index in [1.54, 1.807) is 25.7 Å². The summed E-state index contributed by atoms with van der Waals surface area (Å²) in [7, 11) is 1.62. The molecule has 0 fully saturated rings. The second-order valence-corrected chi connectivity index (χ2v) is 5.54. The van der Waals surface area contributed by atoms with Crippen molar-refractivity contribution in [2.75, 3.05) is 7.11 Å². The number of rotatable bonds is 6. The van der Waals surface area contributed by atoms with Crippen molar-refractivity contribution >= 4 is 5.91 Å². The van der Waals surface area contributed by atoms with E-state index in [4.69, 9.17) is 4.74 Å². The van der Waals surface area contributed by atoms with E-state index in [0.717, 1.165) is 16.9 Å². The number of carbonyl (C=O) groups excluding carboxylic acids is 1. The molecular weight excluding hydrogens is 314 g/mol. The van der Waals surface area contributed by atoms with Crippen LogP contribution in [0.4, 0.5) is 0 Å². The van der Waals surface area contributed by atoms with E-state index in [1.165, 1.54) is 0 Å². The number of aromatic nitrogens is 2. The van der Waals surface area contributed by atoms with Gasteiger partial charge in [0.15, 0.2) is 0 Å². The van der Waals surface area contributed by atoms with Gasteiger partial charge in [-0.05, 0) is 41.5 Å². The van der Waals surface area contributed by atoms with Crippen LogP contribution in [0.3, 0.4) is 0 Å². The number of carbonyl (C=O) groups is 1. The SMILES string of the molecule is COc1ccc(C(C(=O)NCc2cccnc2)c2ccccn2)cc1. The summed E-state index contributed by atoms with van der Waals surface area (Å²) < 4.78 is 5.20. The van der Waals surface area contributed by atoms with E-state index in [-0.39, 0.29) is 5.91 Å². The Kier molecular flexibility index (Phi) is 5.36. The summed E-state index contributed by atoms with van der Waals surface area (Å²) in [6, 6.07) is 16.8. The number of pyridine rings is 2. The standard InChI is InChI=1S/C20H19N3O2/c1-25-17-9-7-16(8-10-17)19(18-6-2-3-12-22-18)20(24)23-14-15-5-4-11-21-13-15/h2-13,19H,14H2,1H3,(H,23,24). The molecule has 0 aliphatic rings. The first-order chi connectivity index (χ1) is 12.3. The third-order valence-corrected chi connectivity index (χ3v) is 3.88. The van der Waals surface area contributed by atoms with Crippen molar-refractivity contribution in [3.63, 3.8) is 0 Å². The molecule has 1 amide bonds. The van der Waals surface area contributed by atoms with Gasteiger partial charge in [0.2, 0.25) is 5.91 Å². The summed E-state index contributed by atoms with van der Waals surface area (Å²) in [4.78, 5) is 21.3. The van der Waals surface area contributed by atoms with Crippen molar-refractivity contribution in [2.45, 2.75) is 12.5 Å². The fraction of sp³-hybridized carbons (Fsp3) is 0.150. The van der Waals surface area contributed by atoms with Crippen LogP contribution in [0.2, 0.25) is 0 Å². The van der Waals surface area contributed by atoms with Crippen molar-refractivity contribution in [3.8, 4) is 5.75 Å². The van der Waals surface area contributed by atoms with Gasteiger partial charge in [-0.1, -0.05) is 24.3 Å². The van der Waals surface area contributed by atoms with Crippen molar-refractivity contribution in [1.82, 2.24) is 15.3 Å². The first kappa shape index (κ1) is 16.6. The summed E-state index contributed by atoms with van der Waals surface area (Å²) >= 11 is 0. The topological polar surface area (TPSA) is 64.1 Å². The van der Waals surface area contributed by atoms with Gasteiger partial charge in [-0.2, -0.15) is 0 Å². The normalized spacial score (nSPS) is 11.6. The summed E-state index contributed by atoms with van der Waals surface area (Å²) in [5.74, 6) is 0.163. The second kappa shape index (κ2) is 8.06. The molecule has 0 aliphatic heterocycles. The van der Waals surface area contributed by atoms with E-state index in [9.17, 15) is 4.79 Å². The minimum Gasteiger partial charge on any atom is -0.497 e. The van der Waals surface area contributed by atoms with Gasteiger partial charge in [0.25, 0.3) is 0 Å². The number of amides is 1. The predicted molar refractivity (Wildman–Crippen MR) is 95.2 cm³/mol. The fourth-order valence-corrected chi connectivity index (χ4v) is 2.59. The quantitative estimate of drug-likeness (QED) is 0.753. The van der Waals surface area contributed by atoms with Crippen LogP contribution < -0.4 is 10.1 Å². The average Bonchev–Trinajstić information content (AvgIpc) is 2.69. The Morgan fingerprint density at radius 1 is 1.08 bits per heavy atom. The maximum Gasteiger partial charge on any atom is 0.233 e. The lowest BCUT2D eigenvalue weighted by molar-refractivity contribution is -0.121. The van der Waals surface area contributed by atoms with Crippen LogP contribution in [0.5, 0.6) is 5.75 Å². The molecule has 1 atom stereocenters. The molecule has 0 aliphatic carbocycles. The van der Waals surface area contributed by atoms with Crippen LogP contribution >= 0.6 is 0 Å². The van der Waals surface area contributed by atoms with E-state index in [1.807, 2.05) is 54.6 Å². The van der Waals surface area contributed by atoms with Crippen LogP contribution in [-0.2, 0) is 11.3 Å². The van der Waals surface area contributed by atoms with Crippen LogP contribution in [0.1, 0.15) is 22.7 Å². The van der Waals surface area contributed by atoms with Gasteiger partial charge >= 0.3 is 0 Å². The molecule has 1 N–H and O–H groups in total. The van der Waals surface area contributed by atoms with E-state index < -0.39 is 5.92 Å². The smallest absolute Gasteiger partial charge is 0.233 e. The highest BCUT2D eigenvalue weighted by Gasteiger charge is 2.23. The van der Waals surface area contributed by atoms with Crippen LogP contribution in [0.25, 0.3) is 0 Å². The zero-order valence-electron chi connectivity index (χ0n) is 13.9. The summed E-state index contributed by atoms with van der Waals surface area (Å²) in [6.07, 6.45) is 5.14. The van der Waals surface area contributed by atoms with Crippen LogP contribution in [0.15, 0.2) is 73.2 Å². The number of hydrogen-bond donors (Lipinski definition) is 1. The maximum absolute atomic E-state index is 12.9. The maximum atomic E-state index is 12.9. The highest BCUT2D eigenvalue weighted by Crippen LogP contribution is 2.25. The lowest BCUT2D eigenvalue weighted by Crippen LogP contribution is -2.30. The van der Waals surface area contributed by atoms with Crippen molar-refractivity contribution < 1.29 is 9.53 Å². The van der Waals surface area contributed by atoms with Crippen molar-refractivity contribution in [3.05, 3.63) is 90.0 Å². The van der Waals surface area contributed by atoms with Crippen LogP contribution in [-0.4, -0.2) is 23.0 Å². The van der Waals surface area contributed by atoms with Gasteiger partial charge in [-0.25, -0.2) is 0 Å². The van der Waals surface area contributed by atoms with Crippen molar-refractivity contribution in [2.24, 2.45) is 0 Å². The predicted octanol–water partition coefficient (Wildman–Crippen LogP) is 2.93. The Morgan fingerprint density at radius 2 is 1.92 bits per heavy atom. The monoisotopic (exact) mass is 333 g/mol. The third kappa shape index (κ3) is 4.20. The lowest BCUT2D eigenvalue weighted by Gasteiger charge is -2.17. The zero-order valence-corrected chi connectivity index (χ0v) is 13.9. The molecule has 5 heteroatoms. The molecule has 0 bridgehead atoms. The average molecular weight is 333 g/mol. The third-order valence-electron chi connectivity index (χ3n) is 3.88. The van der Waals surface area contributed by atoms with E-state index >= 15 is 0 Å². The lowest BCUT2D eigenvalue weighted by atomic mass is 9.94. The Morgan fingerprint density at radius 3 is 2.56 bits per heavy atom. The number of ether oxygens (including phenoxy) is 1. The summed E-state index contributed by atoms with van der Waals surface area (Å²) in [6.45, 7) is 0.423. The second-order valence-electron chi connectivity index (χ2n) is 5.54. The molecule has 5 nitrogen and oxygen atoms in total. The highest BCUT2D eigenvalue weighted by molar-refractivity contribution is 5.86. The summed E-state index contributed by atoms with van der Waals surface area (Å²) in [5, 5.41) is 2.97. The fourth-order valence-electron chi connectivity index (χ4n) is 2.59. The number of nitrogens with one attached hydrogen (secondary N) is 1. The van der Waals surface area contributed by atoms with Crippen molar-refractivity contribution in [1.29, 1.82) is 0 Å². The molecule has 25 heavy (non-hydrogen) atoms. The molecule has 126 valence electrons. The molecule has 1 unspecified atom stereocenters. The number of hydrogen-bond acceptors (Lipinski definition) is 4. The molecule has 2 heterocycles. The van der Waals surface area contributed by atoms with E-state index in [0.29, 0.717) is 12.2 Å². The molecule has 0 saturated heterocycles. The Balaban J connectivity index is 1.84. The van der Waals surface area contributed by atoms with E-state index in [2.05, 4.69) is 15.3 Å². The minimum atomic E-state index is -0.483. The van der Waals surface area contributed by atoms with Crippen LogP contribution in [0, 0.1) is 0 Å². The van der Waals surface area contributed by atoms with Gasteiger partial charge in [-0.15, -0.1) is 0 Å². The molecule has 2 aromatic heterocycles. The Labute approximate surface area is 146 Å². The van der Waals surface area contributed by atoms with Gasteiger partial charge in [-0.3, -0.25) is 14.8 Å². The number of benzene rings is 1. The molecular formula is C20H19N3O2. The van der Waals surface area contributed by atoms with Gasteiger partial charge < -0.3 is 10.1 Å². The van der Waals surface area contributed by atoms with Gasteiger partial charge in [0.05, 0.1) is 12.8 Å². The first-order valence-corrected chi connectivity index (χ1v) is 7.99. The Hall–Kier alpha value is -3.21. The molecule has 3 aromatic rings. The molecule has 3 rings (SSSR count). The molecule has 0 spiro atoms. The highest BCUT2D eigenvalue weighted by atomic mass is 16.5.